The van der Waals surface area contributed by atoms with Crippen LogP contribution in [0.5, 0.6) is 0 Å². The van der Waals surface area contributed by atoms with Crippen LogP contribution in [-0.4, -0.2) is 36.6 Å². The maximum Gasteiger partial charge on any atom is 0.0139 e. The summed E-state index contributed by atoms with van der Waals surface area (Å²) in [7, 11) is 0. The third-order valence-corrected chi connectivity index (χ3v) is 6.05. The first-order valence-electron chi connectivity index (χ1n) is 9.22. The Bertz CT molecular complexity index is 300. The van der Waals surface area contributed by atoms with Gasteiger partial charge in [0.2, 0.25) is 0 Å². The topological polar surface area (TPSA) is 15.3 Å². The highest BCUT2D eigenvalue weighted by atomic mass is 15.2. The van der Waals surface area contributed by atoms with Crippen molar-refractivity contribution in [3.05, 3.63) is 0 Å². The lowest BCUT2D eigenvalue weighted by Gasteiger charge is -2.53. The summed E-state index contributed by atoms with van der Waals surface area (Å²) in [5.41, 5.74) is 0. The van der Waals surface area contributed by atoms with Crippen molar-refractivity contribution < 1.29 is 0 Å². The van der Waals surface area contributed by atoms with Crippen molar-refractivity contribution in [3.63, 3.8) is 0 Å². The Morgan fingerprint density at radius 1 is 0.950 bits per heavy atom. The first kappa shape index (κ1) is 14.8. The Balaban J connectivity index is 1.52. The van der Waals surface area contributed by atoms with Crippen LogP contribution in [-0.2, 0) is 0 Å². The number of nitrogens with one attached hydrogen (secondary N) is 1. The van der Waals surface area contributed by atoms with Crippen molar-refractivity contribution in [2.45, 2.75) is 77.3 Å². The van der Waals surface area contributed by atoms with E-state index in [0.717, 1.165) is 29.8 Å². The average molecular weight is 278 g/mol. The van der Waals surface area contributed by atoms with Gasteiger partial charge in [-0.05, 0) is 75.9 Å². The normalized spacial score (nSPS) is 38.5. The van der Waals surface area contributed by atoms with E-state index in [4.69, 9.17) is 0 Å². The second kappa shape index (κ2) is 6.79. The van der Waals surface area contributed by atoms with E-state index in [1.165, 1.54) is 71.0 Å². The van der Waals surface area contributed by atoms with Gasteiger partial charge in [0.15, 0.2) is 0 Å². The number of rotatable bonds is 5. The molecule has 3 aliphatic rings. The molecule has 20 heavy (non-hydrogen) atoms. The largest absolute Gasteiger partial charge is 0.316 e. The molecule has 3 fully saturated rings. The molecule has 4 unspecified atom stereocenters. The summed E-state index contributed by atoms with van der Waals surface area (Å²) >= 11 is 0. The summed E-state index contributed by atoms with van der Waals surface area (Å²) in [4.78, 5) is 2.96. The minimum absolute atomic E-state index is 0.784. The van der Waals surface area contributed by atoms with E-state index in [1.807, 2.05) is 0 Å². The van der Waals surface area contributed by atoms with Gasteiger partial charge < -0.3 is 5.32 Å². The first-order valence-corrected chi connectivity index (χ1v) is 9.22. The van der Waals surface area contributed by atoms with E-state index >= 15 is 0 Å². The molecular weight excluding hydrogens is 244 g/mol. The highest BCUT2D eigenvalue weighted by Crippen LogP contribution is 2.41. The van der Waals surface area contributed by atoms with Crippen LogP contribution < -0.4 is 5.32 Å². The molecule has 2 nitrogen and oxygen atoms in total. The van der Waals surface area contributed by atoms with E-state index < -0.39 is 0 Å². The molecule has 0 aromatic rings. The molecule has 1 aliphatic heterocycles. The minimum Gasteiger partial charge on any atom is -0.316 e. The molecule has 1 N–H and O–H groups in total. The van der Waals surface area contributed by atoms with Crippen LogP contribution in [0.1, 0.15) is 65.2 Å². The average Bonchev–Trinajstić information content (AvgIpc) is 2.42. The lowest BCUT2D eigenvalue weighted by Crippen LogP contribution is -2.58. The zero-order chi connectivity index (χ0) is 13.9. The van der Waals surface area contributed by atoms with E-state index in [-0.39, 0.29) is 0 Å². The Labute approximate surface area is 125 Å². The van der Waals surface area contributed by atoms with E-state index in [0.29, 0.717) is 0 Å². The van der Waals surface area contributed by atoms with E-state index in [9.17, 15) is 0 Å². The van der Waals surface area contributed by atoms with Crippen LogP contribution in [0.2, 0.25) is 0 Å². The van der Waals surface area contributed by atoms with Gasteiger partial charge in [-0.1, -0.05) is 26.7 Å². The zero-order valence-electron chi connectivity index (χ0n) is 13.6. The lowest BCUT2D eigenvalue weighted by molar-refractivity contribution is -0.0318. The standard InChI is InChI=1S/C18H34N2/c1-14(2)12-19-13-16-9-10-18(16)20-11-5-7-15-6-3-4-8-17(15)20/h14-19H,3-13H2,1-2H3. The summed E-state index contributed by atoms with van der Waals surface area (Å²) in [6.07, 6.45) is 11.9. The van der Waals surface area contributed by atoms with Gasteiger partial charge in [0.25, 0.3) is 0 Å². The van der Waals surface area contributed by atoms with Crippen LogP contribution in [0, 0.1) is 17.8 Å². The number of hydrogen-bond donors (Lipinski definition) is 1. The minimum atomic E-state index is 0.784. The van der Waals surface area contributed by atoms with E-state index in [2.05, 4.69) is 24.1 Å². The molecule has 0 amide bonds. The molecule has 0 aromatic carbocycles. The molecule has 4 atom stereocenters. The highest BCUT2D eigenvalue weighted by Gasteiger charge is 2.42. The number of hydrogen-bond acceptors (Lipinski definition) is 2. The number of likely N-dealkylation sites (tertiary alicyclic amines) is 1. The van der Waals surface area contributed by atoms with Crippen molar-refractivity contribution >= 4 is 0 Å². The molecule has 0 radical (unpaired) electrons. The van der Waals surface area contributed by atoms with Crippen molar-refractivity contribution in [2.24, 2.45) is 17.8 Å². The molecule has 2 saturated carbocycles. The molecule has 2 heteroatoms. The van der Waals surface area contributed by atoms with Crippen LogP contribution >= 0.6 is 0 Å². The second-order valence-electron chi connectivity index (χ2n) is 7.95. The Kier molecular flexibility index (Phi) is 5.04. The predicted molar refractivity (Wildman–Crippen MR) is 85.9 cm³/mol. The van der Waals surface area contributed by atoms with Crippen LogP contribution in [0.4, 0.5) is 0 Å². The molecule has 0 aromatic heterocycles. The summed E-state index contributed by atoms with van der Waals surface area (Å²) < 4.78 is 0. The van der Waals surface area contributed by atoms with Gasteiger partial charge in [-0.15, -0.1) is 0 Å². The van der Waals surface area contributed by atoms with E-state index in [1.54, 1.807) is 0 Å². The monoisotopic (exact) mass is 278 g/mol. The zero-order valence-corrected chi connectivity index (χ0v) is 13.6. The second-order valence-corrected chi connectivity index (χ2v) is 7.95. The quantitative estimate of drug-likeness (QED) is 0.825. The Morgan fingerprint density at radius 3 is 2.50 bits per heavy atom. The van der Waals surface area contributed by atoms with Crippen molar-refractivity contribution in [1.29, 1.82) is 0 Å². The third-order valence-electron chi connectivity index (χ3n) is 6.05. The van der Waals surface area contributed by atoms with Crippen LogP contribution in [0.15, 0.2) is 0 Å². The summed E-state index contributed by atoms with van der Waals surface area (Å²) in [6.45, 7) is 8.46. The van der Waals surface area contributed by atoms with Gasteiger partial charge in [-0.3, -0.25) is 4.90 Å². The fourth-order valence-corrected chi connectivity index (χ4v) is 4.86. The smallest absolute Gasteiger partial charge is 0.0139 e. The van der Waals surface area contributed by atoms with Gasteiger partial charge in [0.05, 0.1) is 0 Å². The fourth-order valence-electron chi connectivity index (χ4n) is 4.86. The third kappa shape index (κ3) is 3.22. The van der Waals surface area contributed by atoms with Crippen molar-refractivity contribution in [3.8, 4) is 0 Å². The van der Waals surface area contributed by atoms with Crippen LogP contribution in [0.3, 0.4) is 0 Å². The van der Waals surface area contributed by atoms with Gasteiger partial charge >= 0.3 is 0 Å². The molecular formula is C18H34N2. The molecule has 116 valence electrons. The Morgan fingerprint density at radius 2 is 1.75 bits per heavy atom. The van der Waals surface area contributed by atoms with Gasteiger partial charge in [0.1, 0.15) is 0 Å². The molecule has 1 heterocycles. The molecule has 0 bridgehead atoms. The van der Waals surface area contributed by atoms with Gasteiger partial charge in [-0.2, -0.15) is 0 Å². The Hall–Kier alpha value is -0.0800. The lowest BCUT2D eigenvalue weighted by atomic mass is 9.72. The van der Waals surface area contributed by atoms with Gasteiger partial charge in [0, 0.05) is 12.1 Å². The highest BCUT2D eigenvalue weighted by molar-refractivity contribution is 4.97. The first-order chi connectivity index (χ1) is 9.75. The molecule has 3 rings (SSSR count). The van der Waals surface area contributed by atoms with Crippen molar-refractivity contribution in [2.75, 3.05) is 19.6 Å². The number of piperidine rings is 1. The molecule has 1 saturated heterocycles. The summed E-state index contributed by atoms with van der Waals surface area (Å²) in [5.74, 6) is 2.77. The maximum absolute atomic E-state index is 3.70. The predicted octanol–water partition coefficient (Wildman–Crippen LogP) is 3.67. The maximum atomic E-state index is 3.70. The van der Waals surface area contributed by atoms with Crippen LogP contribution in [0.25, 0.3) is 0 Å². The fraction of sp³-hybridized carbons (Fsp3) is 1.00. The number of nitrogens with zero attached hydrogens (tertiary/aromatic N) is 1. The summed E-state index contributed by atoms with van der Waals surface area (Å²) in [5, 5.41) is 3.70. The SMILES string of the molecule is CC(C)CNCC1CCC1N1CCCC2CCCCC21. The number of fused-ring (bicyclic) bond motifs is 1. The van der Waals surface area contributed by atoms with Crippen molar-refractivity contribution in [1.82, 2.24) is 10.2 Å². The summed E-state index contributed by atoms with van der Waals surface area (Å²) in [6, 6.07) is 1.87. The molecule has 2 aliphatic carbocycles. The molecule has 0 spiro atoms. The van der Waals surface area contributed by atoms with Gasteiger partial charge in [-0.25, -0.2) is 0 Å².